The van der Waals surface area contributed by atoms with Crippen LogP contribution in [0.4, 0.5) is 0 Å². The maximum atomic E-state index is 11.3. The number of carboxylic acids is 1. The molecule has 3 atom stereocenters. The average molecular weight is 321 g/mol. The molecule has 0 aromatic heterocycles. The Hall–Kier alpha value is 0.236. The summed E-state index contributed by atoms with van der Waals surface area (Å²) in [6, 6.07) is -0.791. The number of nitrogens with one attached hydrogen (secondary N) is 2. The number of carbonyl (C=O) groups excluding carboxylic acids is 2. The topological polar surface area (TPSA) is 107 Å². The first-order chi connectivity index (χ1) is 9.38. The van der Waals surface area contributed by atoms with Crippen molar-refractivity contribution in [1.82, 2.24) is 10.6 Å². The SMILES string of the molecule is CCC(CC)N[C@@H]1C=C(C(=O)[O-])C[C@H](N)[C@H]1NC(C)=O.[K+]. The molecule has 0 radical (unpaired) electrons. The van der Waals surface area contributed by atoms with E-state index in [4.69, 9.17) is 5.73 Å². The Morgan fingerprint density at radius 3 is 2.43 bits per heavy atom. The zero-order valence-corrected chi connectivity index (χ0v) is 16.4. The molecule has 1 aliphatic rings. The molecule has 0 aromatic rings. The molecule has 0 unspecified atom stereocenters. The van der Waals surface area contributed by atoms with Crippen LogP contribution in [-0.4, -0.2) is 36.0 Å². The van der Waals surface area contributed by atoms with E-state index in [1.54, 1.807) is 6.08 Å². The molecule has 0 aliphatic heterocycles. The minimum Gasteiger partial charge on any atom is -0.545 e. The van der Waals surface area contributed by atoms with Crippen LogP contribution in [0.2, 0.25) is 0 Å². The van der Waals surface area contributed by atoms with E-state index in [1.807, 2.05) is 0 Å². The molecule has 0 spiro atoms. The zero-order valence-electron chi connectivity index (χ0n) is 13.3. The molecule has 1 rings (SSSR count). The van der Waals surface area contributed by atoms with Gasteiger partial charge in [0.1, 0.15) is 0 Å². The van der Waals surface area contributed by atoms with Gasteiger partial charge in [0.15, 0.2) is 0 Å². The zero-order chi connectivity index (χ0) is 15.3. The molecule has 114 valence electrons. The van der Waals surface area contributed by atoms with Gasteiger partial charge in [-0.3, -0.25) is 4.79 Å². The van der Waals surface area contributed by atoms with Crippen molar-refractivity contribution in [2.75, 3.05) is 0 Å². The van der Waals surface area contributed by atoms with Crippen LogP contribution < -0.4 is 72.9 Å². The minimum atomic E-state index is -1.20. The van der Waals surface area contributed by atoms with Gasteiger partial charge < -0.3 is 26.3 Å². The third kappa shape index (κ3) is 6.48. The third-order valence-corrected chi connectivity index (χ3v) is 3.73. The minimum absolute atomic E-state index is 0. The van der Waals surface area contributed by atoms with E-state index >= 15 is 0 Å². The normalized spacial score (nSPS) is 25.0. The van der Waals surface area contributed by atoms with Gasteiger partial charge in [0.05, 0.1) is 12.0 Å². The van der Waals surface area contributed by atoms with E-state index in [0.29, 0.717) is 0 Å². The van der Waals surface area contributed by atoms with E-state index in [1.165, 1.54) is 6.92 Å². The molecular weight excluding hydrogens is 297 g/mol. The molecule has 0 aromatic carbocycles. The number of aliphatic carboxylic acids is 1. The first kappa shape index (κ1) is 21.2. The number of carboxylic acid groups (broad SMARTS) is 1. The van der Waals surface area contributed by atoms with Crippen LogP contribution in [0.5, 0.6) is 0 Å². The monoisotopic (exact) mass is 321 g/mol. The van der Waals surface area contributed by atoms with Crippen LogP contribution in [0.1, 0.15) is 40.0 Å². The van der Waals surface area contributed by atoms with E-state index < -0.39 is 12.0 Å². The summed E-state index contributed by atoms with van der Waals surface area (Å²) in [5, 5.41) is 17.2. The second-order valence-corrected chi connectivity index (χ2v) is 5.28. The van der Waals surface area contributed by atoms with E-state index in [-0.39, 0.29) is 87.4 Å². The predicted octanol–water partition coefficient (Wildman–Crippen LogP) is -3.95. The number of amides is 1. The second kappa shape index (κ2) is 10.1. The predicted molar refractivity (Wildman–Crippen MR) is 74.6 cm³/mol. The molecule has 7 heteroatoms. The third-order valence-electron chi connectivity index (χ3n) is 3.73. The molecule has 6 nitrogen and oxygen atoms in total. The fraction of sp³-hybridized carbons (Fsp3) is 0.714. The van der Waals surface area contributed by atoms with Crippen LogP contribution in [0, 0.1) is 0 Å². The fourth-order valence-corrected chi connectivity index (χ4v) is 2.57. The van der Waals surface area contributed by atoms with Crippen LogP contribution in [0.15, 0.2) is 11.6 Å². The van der Waals surface area contributed by atoms with Crippen molar-refractivity contribution in [3.8, 4) is 0 Å². The molecule has 0 saturated carbocycles. The second-order valence-electron chi connectivity index (χ2n) is 5.28. The van der Waals surface area contributed by atoms with E-state index in [9.17, 15) is 14.7 Å². The Balaban J connectivity index is 0.00000400. The summed E-state index contributed by atoms with van der Waals surface area (Å²) >= 11 is 0. The molecule has 21 heavy (non-hydrogen) atoms. The Labute approximate surface area is 168 Å². The first-order valence-corrected chi connectivity index (χ1v) is 7.09. The van der Waals surface area contributed by atoms with Gasteiger partial charge in [-0.05, 0) is 24.8 Å². The van der Waals surface area contributed by atoms with E-state index in [2.05, 4.69) is 24.5 Å². The van der Waals surface area contributed by atoms with Gasteiger partial charge in [0.25, 0.3) is 0 Å². The van der Waals surface area contributed by atoms with Crippen LogP contribution in [-0.2, 0) is 9.59 Å². The first-order valence-electron chi connectivity index (χ1n) is 7.09. The molecular formula is C14H24KN3O3. The van der Waals surface area contributed by atoms with Crippen molar-refractivity contribution in [3.05, 3.63) is 11.6 Å². The summed E-state index contributed by atoms with van der Waals surface area (Å²) in [5.74, 6) is -1.37. The number of carbonyl (C=O) groups is 2. The summed E-state index contributed by atoms with van der Waals surface area (Å²) in [7, 11) is 0. The van der Waals surface area contributed by atoms with Crippen LogP contribution in [0.25, 0.3) is 0 Å². The molecule has 4 N–H and O–H groups in total. The number of rotatable bonds is 6. The molecule has 1 amide bonds. The van der Waals surface area contributed by atoms with Gasteiger partial charge in [-0.1, -0.05) is 19.9 Å². The van der Waals surface area contributed by atoms with Crippen molar-refractivity contribution in [1.29, 1.82) is 0 Å². The molecule has 1 aliphatic carbocycles. The van der Waals surface area contributed by atoms with E-state index in [0.717, 1.165) is 12.8 Å². The molecule has 0 bridgehead atoms. The quantitative estimate of drug-likeness (QED) is 0.433. The maximum absolute atomic E-state index is 11.3. The van der Waals surface area contributed by atoms with Crippen LogP contribution in [0.3, 0.4) is 0 Å². The number of hydrogen-bond donors (Lipinski definition) is 3. The molecule has 0 saturated heterocycles. The number of hydrogen-bond acceptors (Lipinski definition) is 5. The summed E-state index contributed by atoms with van der Waals surface area (Å²) < 4.78 is 0. The van der Waals surface area contributed by atoms with Gasteiger partial charge in [0.2, 0.25) is 5.91 Å². The Morgan fingerprint density at radius 1 is 1.43 bits per heavy atom. The van der Waals surface area contributed by atoms with Gasteiger partial charge in [-0.2, -0.15) is 0 Å². The fourth-order valence-electron chi connectivity index (χ4n) is 2.57. The van der Waals surface area contributed by atoms with Crippen molar-refractivity contribution in [2.45, 2.75) is 64.2 Å². The summed E-state index contributed by atoms with van der Waals surface area (Å²) in [6.45, 7) is 5.54. The van der Waals surface area contributed by atoms with Crippen molar-refractivity contribution in [2.24, 2.45) is 5.73 Å². The van der Waals surface area contributed by atoms with Crippen molar-refractivity contribution >= 4 is 11.9 Å². The summed E-state index contributed by atoms with van der Waals surface area (Å²) in [6.07, 6.45) is 3.67. The number of nitrogens with two attached hydrogens (primary N) is 1. The van der Waals surface area contributed by atoms with Gasteiger partial charge in [-0.15, -0.1) is 0 Å². The van der Waals surface area contributed by atoms with Gasteiger partial charge in [-0.25, -0.2) is 0 Å². The van der Waals surface area contributed by atoms with Gasteiger partial charge in [0, 0.05) is 25.0 Å². The Kier molecular flexibility index (Phi) is 10.2. The standard InChI is InChI=1S/C14H25N3O3.K/c1-4-10(5-2)17-12-7-9(14(19)20)6-11(15)13(12)16-8(3)18;/h7,10-13,17H,4-6,15H2,1-3H3,(H,16,18)(H,19,20);/q;+1/p-1/t11-,12+,13+;/m0./s1. The van der Waals surface area contributed by atoms with Crippen molar-refractivity contribution < 1.29 is 66.1 Å². The summed E-state index contributed by atoms with van der Waals surface area (Å²) in [5.41, 5.74) is 6.21. The summed E-state index contributed by atoms with van der Waals surface area (Å²) in [4.78, 5) is 22.3. The Morgan fingerprint density at radius 2 is 2.00 bits per heavy atom. The van der Waals surface area contributed by atoms with Gasteiger partial charge >= 0.3 is 51.4 Å². The Bertz CT molecular complexity index is 397. The molecule has 0 heterocycles. The largest absolute Gasteiger partial charge is 1.00 e. The smallest absolute Gasteiger partial charge is 0.545 e. The van der Waals surface area contributed by atoms with Crippen molar-refractivity contribution in [3.63, 3.8) is 0 Å². The average Bonchev–Trinajstić information content (AvgIpc) is 2.38. The molecule has 0 fully saturated rings. The maximum Gasteiger partial charge on any atom is 1.00 e. The van der Waals surface area contributed by atoms with Crippen LogP contribution >= 0.6 is 0 Å².